The number of hydrogen-bond donors (Lipinski definition) is 3. The molecule has 244 valence electrons. The van der Waals surface area contributed by atoms with E-state index < -0.39 is 19.7 Å². The van der Waals surface area contributed by atoms with Gasteiger partial charge in [0.1, 0.15) is 19.5 Å². The number of fused-ring (bicyclic) bond motifs is 1. The van der Waals surface area contributed by atoms with Gasteiger partial charge < -0.3 is 29.8 Å². The van der Waals surface area contributed by atoms with Crippen molar-refractivity contribution in [3.05, 3.63) is 46.8 Å². The van der Waals surface area contributed by atoms with Gasteiger partial charge >= 0.3 is 6.18 Å². The minimum absolute atomic E-state index is 0.0653. The number of aliphatic hydroxyl groups is 1. The van der Waals surface area contributed by atoms with Gasteiger partial charge in [-0.2, -0.15) is 13.2 Å². The minimum Gasteiger partial charge on any atom is -0.489 e. The molecule has 1 saturated heterocycles. The number of benzene rings is 2. The van der Waals surface area contributed by atoms with Crippen LogP contribution in [0.1, 0.15) is 36.1 Å². The smallest absolute Gasteiger partial charge is 0.393 e. The predicted octanol–water partition coefficient (Wildman–Crippen LogP) is 6.14. The molecule has 1 saturated carbocycles. The quantitative estimate of drug-likeness (QED) is 0.178. The first-order valence-electron chi connectivity index (χ1n) is 15.4. The summed E-state index contributed by atoms with van der Waals surface area (Å²) in [6.45, 7) is 6.90. The van der Waals surface area contributed by atoms with Gasteiger partial charge in [-0.05, 0) is 74.2 Å². The lowest BCUT2D eigenvalue weighted by atomic mass is 9.89. The number of nitrogens with zero attached hydrogens (tertiary/aromatic N) is 1. The van der Waals surface area contributed by atoms with Crippen molar-refractivity contribution >= 4 is 45.2 Å². The van der Waals surface area contributed by atoms with Crippen LogP contribution in [-0.2, 0) is 15.7 Å². The van der Waals surface area contributed by atoms with Gasteiger partial charge in [0.15, 0.2) is 0 Å². The summed E-state index contributed by atoms with van der Waals surface area (Å²) in [7, 11) is -2.53. The van der Waals surface area contributed by atoms with Crippen molar-refractivity contribution in [3.63, 3.8) is 0 Å². The molecule has 1 aliphatic heterocycles. The average molecular weight is 664 g/mol. The molecule has 2 aromatic carbocycles. The highest BCUT2D eigenvalue weighted by molar-refractivity contribution is 7.70. The van der Waals surface area contributed by atoms with Crippen molar-refractivity contribution in [2.24, 2.45) is 0 Å². The zero-order valence-corrected chi connectivity index (χ0v) is 27.4. The van der Waals surface area contributed by atoms with E-state index in [9.17, 15) is 22.8 Å². The number of rotatable bonds is 10. The lowest BCUT2D eigenvalue weighted by molar-refractivity contribution is -0.126. The first-order valence-corrected chi connectivity index (χ1v) is 18.8. The fourth-order valence-corrected chi connectivity index (χ4v) is 8.07. The molecule has 3 N–H and O–H groups in total. The molecular formula is C33H41F3N3O4PS. The topological polar surface area (TPSA) is 83.1 Å². The average Bonchev–Trinajstić information content (AvgIpc) is 3.35. The molecular weight excluding hydrogens is 622 g/mol. The van der Waals surface area contributed by atoms with E-state index in [1.807, 2.05) is 12.1 Å². The molecule has 0 bridgehead atoms. The minimum atomic E-state index is -4.37. The highest BCUT2D eigenvalue weighted by atomic mass is 32.1. The van der Waals surface area contributed by atoms with Crippen molar-refractivity contribution in [2.45, 2.75) is 50.4 Å². The van der Waals surface area contributed by atoms with E-state index >= 15 is 0 Å². The maximum Gasteiger partial charge on any atom is 0.393 e. The number of ether oxygens (including phenoxy) is 2. The van der Waals surface area contributed by atoms with Crippen molar-refractivity contribution in [3.8, 4) is 17.6 Å². The second-order valence-electron chi connectivity index (χ2n) is 11.9. The van der Waals surface area contributed by atoms with Crippen molar-refractivity contribution in [2.75, 3.05) is 70.0 Å². The van der Waals surface area contributed by atoms with Crippen molar-refractivity contribution in [1.29, 1.82) is 0 Å². The molecule has 2 aliphatic rings. The predicted molar refractivity (Wildman–Crippen MR) is 177 cm³/mol. The number of anilines is 2. The zero-order valence-electron chi connectivity index (χ0n) is 25.7. The first-order chi connectivity index (χ1) is 21.5. The van der Waals surface area contributed by atoms with E-state index in [0.29, 0.717) is 33.0 Å². The van der Waals surface area contributed by atoms with E-state index in [2.05, 4.69) is 27.4 Å². The SMILES string of the molecule is CP(C)(=O)c1ccc(NCC#Cc2sc3c(NC4CCC(N5CCOCC5)CC4)cccc3c2CC(F)(F)F)c(OCCO)c1. The van der Waals surface area contributed by atoms with Crippen LogP contribution in [0.15, 0.2) is 36.4 Å². The summed E-state index contributed by atoms with van der Waals surface area (Å²) in [5, 5.41) is 17.2. The van der Waals surface area contributed by atoms with Crippen molar-refractivity contribution < 1.29 is 32.3 Å². The van der Waals surface area contributed by atoms with Crippen LogP contribution < -0.4 is 20.7 Å². The summed E-state index contributed by atoms with van der Waals surface area (Å²) in [6, 6.07) is 11.5. The third-order valence-electron chi connectivity index (χ3n) is 8.32. The van der Waals surface area contributed by atoms with Gasteiger partial charge in [0.05, 0.1) is 53.7 Å². The number of halogens is 3. The number of hydrogen-bond acceptors (Lipinski definition) is 8. The standard InChI is InChI=1S/C33H41F3N3O4PS/c1-44(2,41)25-12-13-28(30(21-25)43-20-17-40)37-14-4-7-31-27(22-33(34,35)36)26-5-3-6-29(32(26)45-31)38-23-8-10-24(11-9-23)39-15-18-42-19-16-39/h3,5-6,12-13,21,23-24,37-38,40H,8-11,14-20,22H2,1-2H3. The van der Waals surface area contributed by atoms with Gasteiger partial charge in [0.2, 0.25) is 0 Å². The van der Waals surface area contributed by atoms with Gasteiger partial charge in [-0.15, -0.1) is 11.3 Å². The molecule has 1 aliphatic carbocycles. The molecule has 0 spiro atoms. The second-order valence-corrected chi connectivity index (χ2v) is 16.2. The third-order valence-corrected chi connectivity index (χ3v) is 11.0. The second kappa shape index (κ2) is 14.8. The molecule has 1 aromatic heterocycles. The molecule has 45 heavy (non-hydrogen) atoms. The van der Waals surface area contributed by atoms with Crippen LogP contribution in [0.25, 0.3) is 10.1 Å². The molecule has 0 amide bonds. The summed E-state index contributed by atoms with van der Waals surface area (Å²) < 4.78 is 65.7. The largest absolute Gasteiger partial charge is 0.489 e. The highest BCUT2D eigenvalue weighted by Gasteiger charge is 2.32. The van der Waals surface area contributed by atoms with Crippen LogP contribution in [0.3, 0.4) is 0 Å². The van der Waals surface area contributed by atoms with E-state index in [1.165, 1.54) is 11.3 Å². The number of thiophene rings is 1. The van der Waals surface area contributed by atoms with E-state index in [-0.39, 0.29) is 31.4 Å². The van der Waals surface area contributed by atoms with Gasteiger partial charge in [-0.25, -0.2) is 0 Å². The Kier molecular flexibility index (Phi) is 11.0. The lowest BCUT2D eigenvalue weighted by Gasteiger charge is -2.39. The summed E-state index contributed by atoms with van der Waals surface area (Å²) in [5.41, 5.74) is 1.65. The first kappa shape index (κ1) is 33.6. The lowest BCUT2D eigenvalue weighted by Crippen LogP contribution is -2.46. The monoisotopic (exact) mass is 663 g/mol. The Morgan fingerprint density at radius 1 is 1.11 bits per heavy atom. The fourth-order valence-electron chi connectivity index (χ4n) is 6.04. The van der Waals surface area contributed by atoms with Crippen LogP contribution >= 0.6 is 18.5 Å². The van der Waals surface area contributed by atoms with Gasteiger partial charge in [-0.3, -0.25) is 4.90 Å². The molecule has 7 nitrogen and oxygen atoms in total. The number of morpholine rings is 1. The molecule has 3 aromatic rings. The van der Waals surface area contributed by atoms with Crippen LogP contribution in [0.2, 0.25) is 0 Å². The van der Waals surface area contributed by atoms with E-state index in [1.54, 1.807) is 37.6 Å². The van der Waals surface area contributed by atoms with E-state index in [0.717, 1.165) is 62.4 Å². The Labute approximate surface area is 266 Å². The maximum atomic E-state index is 13.7. The van der Waals surface area contributed by atoms with Gasteiger partial charge in [0, 0.05) is 30.5 Å². The van der Waals surface area contributed by atoms with Crippen LogP contribution in [-0.4, -0.2) is 87.7 Å². The summed E-state index contributed by atoms with van der Waals surface area (Å²) in [5.74, 6) is 6.43. The number of alkyl halides is 3. The molecule has 0 radical (unpaired) electrons. The Morgan fingerprint density at radius 3 is 2.56 bits per heavy atom. The fraction of sp³-hybridized carbons (Fsp3) is 0.515. The zero-order chi connectivity index (χ0) is 32.0. The van der Waals surface area contributed by atoms with Gasteiger partial charge in [0.25, 0.3) is 0 Å². The molecule has 5 rings (SSSR count). The molecule has 2 fully saturated rings. The Hall–Kier alpha value is -2.74. The third kappa shape index (κ3) is 8.96. The van der Waals surface area contributed by atoms with Crippen LogP contribution in [0.4, 0.5) is 24.5 Å². The number of nitrogens with one attached hydrogen (secondary N) is 2. The maximum absolute atomic E-state index is 13.7. The Bertz CT molecular complexity index is 1560. The number of aliphatic hydroxyl groups excluding tert-OH is 1. The molecule has 12 heteroatoms. The van der Waals surface area contributed by atoms with E-state index in [4.69, 9.17) is 9.47 Å². The highest BCUT2D eigenvalue weighted by Crippen LogP contribution is 2.40. The summed E-state index contributed by atoms with van der Waals surface area (Å²) >= 11 is 1.30. The summed E-state index contributed by atoms with van der Waals surface area (Å²) in [4.78, 5) is 2.93. The van der Waals surface area contributed by atoms with Crippen LogP contribution in [0, 0.1) is 11.8 Å². The Morgan fingerprint density at radius 2 is 1.87 bits per heavy atom. The molecule has 2 heterocycles. The molecule has 0 atom stereocenters. The molecule has 0 unspecified atom stereocenters. The normalized spacial score (nSPS) is 19.6. The van der Waals surface area contributed by atoms with Crippen molar-refractivity contribution in [1.82, 2.24) is 4.90 Å². The summed E-state index contributed by atoms with van der Waals surface area (Å²) in [6.07, 6.45) is -1.22. The van der Waals surface area contributed by atoms with Gasteiger partial charge in [-0.1, -0.05) is 24.0 Å². The Balaban J connectivity index is 1.33. The van der Waals surface area contributed by atoms with Crippen LogP contribution in [0.5, 0.6) is 5.75 Å².